The van der Waals surface area contributed by atoms with E-state index in [0.29, 0.717) is 39.6 Å². The second-order valence-corrected chi connectivity index (χ2v) is 9.40. The van der Waals surface area contributed by atoms with Crippen LogP contribution in [0, 0.1) is 11.3 Å². The summed E-state index contributed by atoms with van der Waals surface area (Å²) in [5.74, 6) is 0.787. The van der Waals surface area contributed by atoms with Crippen molar-refractivity contribution in [3.8, 4) is 17.6 Å². The minimum Gasteiger partial charge on any atom is -0.457 e. The molecule has 2 N–H and O–H groups in total. The fraction of sp³-hybridized carbons (Fsp3) is 0.0571. The molecule has 0 saturated heterocycles. The van der Waals surface area contributed by atoms with Crippen molar-refractivity contribution in [2.45, 2.75) is 12.8 Å². The second-order valence-electron chi connectivity index (χ2n) is 9.40. The topological polar surface area (TPSA) is 91.2 Å². The lowest BCUT2D eigenvalue weighted by Crippen LogP contribution is -2.13. The van der Waals surface area contributed by atoms with E-state index in [2.05, 4.69) is 10.6 Å². The molecule has 41 heavy (non-hydrogen) atoms. The van der Waals surface area contributed by atoms with Gasteiger partial charge >= 0.3 is 0 Å². The van der Waals surface area contributed by atoms with Gasteiger partial charge in [-0.2, -0.15) is 5.26 Å². The van der Waals surface area contributed by atoms with Crippen molar-refractivity contribution in [2.24, 2.45) is 0 Å². The molecule has 0 aliphatic heterocycles. The Labute approximate surface area is 238 Å². The van der Waals surface area contributed by atoms with Crippen LogP contribution in [0.5, 0.6) is 11.5 Å². The van der Waals surface area contributed by atoms with Crippen molar-refractivity contribution < 1.29 is 14.3 Å². The van der Waals surface area contributed by atoms with E-state index in [-0.39, 0.29) is 11.8 Å². The molecule has 0 bridgehead atoms. The van der Waals surface area contributed by atoms with E-state index >= 15 is 0 Å². The van der Waals surface area contributed by atoms with Crippen LogP contribution in [0.3, 0.4) is 0 Å². The largest absolute Gasteiger partial charge is 0.457 e. The number of carbonyl (C=O) groups excluding carboxylic acids is 2. The third kappa shape index (κ3) is 7.25. The molecule has 6 heteroatoms. The van der Waals surface area contributed by atoms with Crippen molar-refractivity contribution in [1.82, 2.24) is 0 Å². The van der Waals surface area contributed by atoms with Crippen LogP contribution in [-0.4, -0.2) is 11.8 Å². The summed E-state index contributed by atoms with van der Waals surface area (Å²) in [5, 5.41) is 15.0. The normalized spacial score (nSPS) is 10.3. The molecular formula is C35H27N3O3. The van der Waals surface area contributed by atoms with Crippen molar-refractivity contribution >= 4 is 23.2 Å². The predicted octanol–water partition coefficient (Wildman–Crippen LogP) is 7.64. The van der Waals surface area contributed by atoms with Crippen molar-refractivity contribution in [2.75, 3.05) is 10.6 Å². The summed E-state index contributed by atoms with van der Waals surface area (Å²) in [5.41, 5.74) is 4.87. The van der Waals surface area contributed by atoms with E-state index in [1.165, 1.54) is 0 Å². The molecule has 0 unspecified atom stereocenters. The van der Waals surface area contributed by atoms with Crippen molar-refractivity contribution in [1.29, 1.82) is 5.26 Å². The van der Waals surface area contributed by atoms with E-state index in [0.717, 1.165) is 24.0 Å². The lowest BCUT2D eigenvalue weighted by molar-refractivity contribution is 0.101. The minimum absolute atomic E-state index is 0.209. The highest BCUT2D eigenvalue weighted by atomic mass is 16.5. The molecule has 0 aliphatic rings. The van der Waals surface area contributed by atoms with E-state index in [1.807, 2.05) is 91.0 Å². The Balaban J connectivity index is 1.12. The van der Waals surface area contributed by atoms with Gasteiger partial charge in [-0.1, -0.05) is 60.7 Å². The van der Waals surface area contributed by atoms with Crippen LogP contribution in [0.15, 0.2) is 127 Å². The Morgan fingerprint density at radius 2 is 1.17 bits per heavy atom. The lowest BCUT2D eigenvalue weighted by Gasteiger charge is -2.10. The average Bonchev–Trinajstić information content (AvgIpc) is 3.02. The summed E-state index contributed by atoms with van der Waals surface area (Å²) < 4.78 is 5.84. The first-order valence-corrected chi connectivity index (χ1v) is 13.2. The predicted molar refractivity (Wildman–Crippen MR) is 160 cm³/mol. The molecule has 0 aromatic heterocycles. The van der Waals surface area contributed by atoms with Gasteiger partial charge in [0.2, 0.25) is 0 Å². The molecule has 5 aromatic carbocycles. The molecule has 200 valence electrons. The highest BCUT2D eigenvalue weighted by molar-refractivity contribution is 6.06. The van der Waals surface area contributed by atoms with Gasteiger partial charge in [0.1, 0.15) is 11.5 Å². The van der Waals surface area contributed by atoms with E-state index in [4.69, 9.17) is 4.74 Å². The molecule has 0 aliphatic carbocycles. The molecule has 0 spiro atoms. The number of amides is 2. The number of hydrogen-bond acceptors (Lipinski definition) is 4. The Morgan fingerprint density at radius 3 is 1.80 bits per heavy atom. The third-order valence-electron chi connectivity index (χ3n) is 6.49. The first-order chi connectivity index (χ1) is 20.1. The zero-order valence-electron chi connectivity index (χ0n) is 22.2. The Morgan fingerprint density at radius 1 is 0.610 bits per heavy atom. The Kier molecular flexibility index (Phi) is 8.48. The number of aryl methyl sites for hydroxylation is 2. The number of anilines is 2. The maximum atomic E-state index is 12.8. The summed E-state index contributed by atoms with van der Waals surface area (Å²) in [7, 11) is 0. The maximum absolute atomic E-state index is 12.8. The molecule has 6 nitrogen and oxygen atoms in total. The highest BCUT2D eigenvalue weighted by Crippen LogP contribution is 2.23. The maximum Gasteiger partial charge on any atom is 0.257 e. The van der Waals surface area contributed by atoms with Gasteiger partial charge in [0.15, 0.2) is 0 Å². The zero-order valence-corrected chi connectivity index (χ0v) is 22.2. The first-order valence-electron chi connectivity index (χ1n) is 13.2. The number of benzene rings is 5. The number of nitrogens with zero attached hydrogens (tertiary/aromatic N) is 1. The van der Waals surface area contributed by atoms with Gasteiger partial charge in [-0.15, -0.1) is 0 Å². The van der Waals surface area contributed by atoms with Gasteiger partial charge < -0.3 is 15.4 Å². The minimum atomic E-state index is -0.310. The van der Waals surface area contributed by atoms with Crippen molar-refractivity contribution in [3.05, 3.63) is 155 Å². The Bertz CT molecular complexity index is 1690. The molecule has 0 atom stereocenters. The monoisotopic (exact) mass is 537 g/mol. The lowest BCUT2D eigenvalue weighted by atomic mass is 10.0. The zero-order chi connectivity index (χ0) is 28.4. The molecule has 0 saturated carbocycles. The summed E-state index contributed by atoms with van der Waals surface area (Å²) in [6, 6.07) is 40.8. The quantitative estimate of drug-likeness (QED) is 0.202. The average molecular weight is 538 g/mol. The third-order valence-corrected chi connectivity index (χ3v) is 6.49. The smallest absolute Gasteiger partial charge is 0.257 e. The summed E-state index contributed by atoms with van der Waals surface area (Å²) >= 11 is 0. The number of nitrogens with one attached hydrogen (secondary N) is 2. The van der Waals surface area contributed by atoms with Crippen LogP contribution in [0.4, 0.5) is 11.4 Å². The second kappa shape index (κ2) is 12.9. The number of carbonyl (C=O) groups is 2. The van der Waals surface area contributed by atoms with Gasteiger partial charge in [-0.3, -0.25) is 9.59 Å². The molecule has 5 aromatic rings. The SMILES string of the molecule is N#Cc1ccccc1C(=O)Nc1ccc(CCc2ccc(NC(=O)c3cccc(Oc4ccccc4)c3)cc2)cc1. The fourth-order valence-corrected chi connectivity index (χ4v) is 4.30. The highest BCUT2D eigenvalue weighted by Gasteiger charge is 2.11. The fourth-order valence-electron chi connectivity index (χ4n) is 4.30. The van der Waals surface area contributed by atoms with Gasteiger partial charge in [0.05, 0.1) is 17.2 Å². The van der Waals surface area contributed by atoms with E-state index in [9.17, 15) is 14.9 Å². The molecule has 5 rings (SSSR count). The van der Waals surface area contributed by atoms with Crippen LogP contribution >= 0.6 is 0 Å². The molecule has 0 fully saturated rings. The van der Waals surface area contributed by atoms with Crippen LogP contribution in [-0.2, 0) is 12.8 Å². The summed E-state index contributed by atoms with van der Waals surface area (Å²) in [6.45, 7) is 0. The van der Waals surface area contributed by atoms with Crippen LogP contribution in [0.2, 0.25) is 0 Å². The molecule has 2 amide bonds. The molecule has 0 heterocycles. The van der Waals surface area contributed by atoms with Gasteiger partial charge in [-0.05, 0) is 90.7 Å². The van der Waals surface area contributed by atoms with Gasteiger partial charge in [0.25, 0.3) is 11.8 Å². The summed E-state index contributed by atoms with van der Waals surface area (Å²) in [6.07, 6.45) is 1.65. The van der Waals surface area contributed by atoms with Crippen LogP contribution in [0.25, 0.3) is 0 Å². The Hall–Kier alpha value is -5.67. The van der Waals surface area contributed by atoms with Gasteiger partial charge in [-0.25, -0.2) is 0 Å². The van der Waals surface area contributed by atoms with Gasteiger partial charge in [0, 0.05) is 16.9 Å². The van der Waals surface area contributed by atoms with E-state index in [1.54, 1.807) is 42.5 Å². The molecule has 0 radical (unpaired) electrons. The standard InChI is InChI=1S/C35H27N3O3/c36-24-28-7-4-5-12-33(28)35(40)38-30-21-17-26(18-22-30)14-13-25-15-19-29(20-16-25)37-34(39)27-8-6-11-32(23-27)41-31-9-2-1-3-10-31/h1-12,15-23H,13-14H2,(H,37,39)(H,38,40). The first kappa shape index (κ1) is 26.9. The number of para-hydroxylation sites is 1. The summed E-state index contributed by atoms with van der Waals surface area (Å²) in [4.78, 5) is 25.4. The van der Waals surface area contributed by atoms with Crippen LogP contribution in [0.1, 0.15) is 37.4 Å². The van der Waals surface area contributed by atoms with Crippen LogP contribution < -0.4 is 15.4 Å². The molecular weight excluding hydrogens is 510 g/mol. The van der Waals surface area contributed by atoms with Crippen molar-refractivity contribution in [3.63, 3.8) is 0 Å². The number of ether oxygens (including phenoxy) is 1. The number of rotatable bonds is 9. The number of nitriles is 1. The van der Waals surface area contributed by atoms with E-state index < -0.39 is 0 Å². The number of hydrogen-bond donors (Lipinski definition) is 2.